The van der Waals surface area contributed by atoms with Crippen molar-refractivity contribution in [2.45, 2.75) is 0 Å². The Labute approximate surface area is 175 Å². The van der Waals surface area contributed by atoms with Crippen LogP contribution in [0, 0.1) is 0 Å². The van der Waals surface area contributed by atoms with E-state index in [1.165, 1.54) is 6.08 Å². The zero-order valence-electron chi connectivity index (χ0n) is 15.2. The lowest BCUT2D eigenvalue weighted by atomic mass is 10.2. The highest BCUT2D eigenvalue weighted by atomic mass is 79.9. The average Bonchev–Trinajstić information content (AvgIpc) is 2.75. The molecule has 0 fully saturated rings. The van der Waals surface area contributed by atoms with E-state index in [2.05, 4.69) is 20.9 Å². The molecular weight excluding hydrogens is 432 g/mol. The second-order valence-corrected chi connectivity index (χ2v) is 7.13. The number of para-hydroxylation sites is 1. The molecule has 1 aromatic heterocycles. The Kier molecular flexibility index (Phi) is 5.35. The number of hydrogen-bond donors (Lipinski definition) is 0. The van der Waals surface area contributed by atoms with Crippen LogP contribution < -0.4 is 10.4 Å². The fourth-order valence-electron chi connectivity index (χ4n) is 2.83. The van der Waals surface area contributed by atoms with E-state index < -0.39 is 11.5 Å². The van der Waals surface area contributed by atoms with Crippen molar-refractivity contribution in [1.82, 2.24) is 9.71 Å². The van der Waals surface area contributed by atoms with Crippen LogP contribution in [0.3, 0.4) is 0 Å². The van der Waals surface area contributed by atoms with Crippen molar-refractivity contribution in [3.8, 4) is 11.4 Å². The van der Waals surface area contributed by atoms with Crippen molar-refractivity contribution in [2.24, 2.45) is 0 Å². The second-order valence-electron chi connectivity index (χ2n) is 6.21. The van der Waals surface area contributed by atoms with Crippen LogP contribution in [0.25, 0.3) is 28.4 Å². The fourth-order valence-corrected chi connectivity index (χ4v) is 3.10. The number of nitrogens with zero attached hydrogens (tertiary/aromatic N) is 2. The maximum atomic E-state index is 13.0. The minimum atomic E-state index is -0.675. The molecule has 6 heteroatoms. The maximum Gasteiger partial charge on any atom is 0.356 e. The van der Waals surface area contributed by atoms with Gasteiger partial charge in [-0.2, -0.15) is 0 Å². The molecule has 3 aromatic carbocycles. The maximum absolute atomic E-state index is 13.0. The number of fused-ring (bicyclic) bond motifs is 1. The molecule has 4 rings (SSSR count). The van der Waals surface area contributed by atoms with Crippen molar-refractivity contribution in [3.05, 3.63) is 105 Å². The van der Waals surface area contributed by atoms with Gasteiger partial charge in [0, 0.05) is 16.1 Å². The third-order valence-corrected chi connectivity index (χ3v) is 4.76. The monoisotopic (exact) mass is 446 g/mol. The van der Waals surface area contributed by atoms with Gasteiger partial charge in [0.05, 0.1) is 10.9 Å². The SMILES string of the molecule is O=C(/C=C/c1ccccc1)On1c(-c2ccc(Br)cc2)nc2ccccc2c1=O. The Bertz CT molecular complexity index is 1260. The van der Waals surface area contributed by atoms with Gasteiger partial charge < -0.3 is 4.84 Å². The number of hydrogen-bond acceptors (Lipinski definition) is 4. The third-order valence-electron chi connectivity index (χ3n) is 4.23. The molecule has 0 bridgehead atoms. The number of aromatic nitrogens is 2. The summed E-state index contributed by atoms with van der Waals surface area (Å²) >= 11 is 3.39. The standard InChI is InChI=1S/C23H15BrN2O3/c24-18-13-11-17(12-14-18)22-25-20-9-5-4-8-19(20)23(28)26(22)29-21(27)15-10-16-6-2-1-3-7-16/h1-15H/b15-10+. The summed E-state index contributed by atoms with van der Waals surface area (Å²) in [6, 6.07) is 23.6. The van der Waals surface area contributed by atoms with Crippen molar-refractivity contribution in [1.29, 1.82) is 0 Å². The number of rotatable bonds is 4. The Balaban J connectivity index is 1.77. The van der Waals surface area contributed by atoms with Crippen LogP contribution in [-0.2, 0) is 4.79 Å². The highest BCUT2D eigenvalue weighted by molar-refractivity contribution is 9.10. The highest BCUT2D eigenvalue weighted by Gasteiger charge is 2.16. The number of halogens is 1. The molecule has 29 heavy (non-hydrogen) atoms. The summed E-state index contributed by atoms with van der Waals surface area (Å²) in [7, 11) is 0. The molecule has 0 aliphatic rings. The predicted molar refractivity (Wildman–Crippen MR) is 116 cm³/mol. The van der Waals surface area contributed by atoms with E-state index in [9.17, 15) is 9.59 Å². The molecule has 0 unspecified atom stereocenters. The molecule has 0 atom stereocenters. The Hall–Kier alpha value is -3.51. The Morgan fingerprint density at radius 1 is 0.931 bits per heavy atom. The fraction of sp³-hybridized carbons (Fsp3) is 0. The number of carbonyl (C=O) groups excluding carboxylic acids is 1. The summed E-state index contributed by atoms with van der Waals surface area (Å²) in [5, 5.41) is 0.369. The van der Waals surface area contributed by atoms with Crippen molar-refractivity contribution in [3.63, 3.8) is 0 Å². The zero-order valence-corrected chi connectivity index (χ0v) is 16.7. The van der Waals surface area contributed by atoms with Crippen molar-refractivity contribution < 1.29 is 9.63 Å². The molecule has 0 amide bonds. The summed E-state index contributed by atoms with van der Waals surface area (Å²) in [5.41, 5.74) is 1.58. The number of carbonyl (C=O) groups is 1. The van der Waals surface area contributed by atoms with E-state index in [1.807, 2.05) is 42.5 Å². The number of benzene rings is 3. The van der Waals surface area contributed by atoms with Crippen molar-refractivity contribution in [2.75, 3.05) is 0 Å². The summed E-state index contributed by atoms with van der Waals surface area (Å²) in [4.78, 5) is 35.4. The molecule has 0 aliphatic heterocycles. The molecule has 5 nitrogen and oxygen atoms in total. The first kappa shape index (κ1) is 18.8. The van der Waals surface area contributed by atoms with Crippen LogP contribution in [0.1, 0.15) is 5.56 Å². The molecule has 0 saturated carbocycles. The summed E-state index contributed by atoms with van der Waals surface area (Å²) in [6.45, 7) is 0. The van der Waals surface area contributed by atoms with Gasteiger partial charge in [-0.25, -0.2) is 9.78 Å². The van der Waals surface area contributed by atoms with Crippen molar-refractivity contribution >= 4 is 38.9 Å². The minimum absolute atomic E-state index is 0.252. The van der Waals surface area contributed by atoms with Gasteiger partial charge >= 0.3 is 5.97 Å². The molecule has 0 spiro atoms. The van der Waals surface area contributed by atoms with Crippen LogP contribution in [0.4, 0.5) is 0 Å². The summed E-state index contributed by atoms with van der Waals surface area (Å²) < 4.78 is 1.84. The van der Waals surface area contributed by atoms with E-state index in [4.69, 9.17) is 4.84 Å². The molecular formula is C23H15BrN2O3. The van der Waals surface area contributed by atoms with Gasteiger partial charge in [0.25, 0.3) is 5.56 Å². The van der Waals surface area contributed by atoms with Crippen LogP contribution in [0.2, 0.25) is 0 Å². The largest absolute Gasteiger partial charge is 0.356 e. The van der Waals surface area contributed by atoms with Crippen LogP contribution >= 0.6 is 15.9 Å². The summed E-state index contributed by atoms with van der Waals surface area (Å²) in [6.07, 6.45) is 2.91. The van der Waals surface area contributed by atoms with Crippen LogP contribution in [0.5, 0.6) is 0 Å². The lowest BCUT2D eigenvalue weighted by Crippen LogP contribution is -2.32. The van der Waals surface area contributed by atoms with Gasteiger partial charge in [-0.1, -0.05) is 70.5 Å². The molecule has 1 heterocycles. The lowest BCUT2D eigenvalue weighted by molar-refractivity contribution is -0.138. The highest BCUT2D eigenvalue weighted by Crippen LogP contribution is 2.21. The van der Waals surface area contributed by atoms with Gasteiger partial charge in [0.15, 0.2) is 5.82 Å². The molecule has 0 N–H and O–H groups in total. The first-order valence-electron chi connectivity index (χ1n) is 8.85. The van der Waals surface area contributed by atoms with Gasteiger partial charge in [-0.15, -0.1) is 4.73 Å². The van der Waals surface area contributed by atoms with Crippen LogP contribution in [0.15, 0.2) is 94.2 Å². The second kappa shape index (κ2) is 8.24. The third kappa shape index (κ3) is 4.17. The quantitative estimate of drug-likeness (QED) is 0.433. The summed E-state index contributed by atoms with van der Waals surface area (Å²) in [5.74, 6) is -0.422. The van der Waals surface area contributed by atoms with E-state index >= 15 is 0 Å². The van der Waals surface area contributed by atoms with E-state index in [-0.39, 0.29) is 5.82 Å². The van der Waals surface area contributed by atoms with Gasteiger partial charge in [-0.3, -0.25) is 4.79 Å². The van der Waals surface area contributed by atoms with Gasteiger partial charge in [-0.05, 0) is 35.9 Å². The normalized spacial score (nSPS) is 11.1. The first-order valence-corrected chi connectivity index (χ1v) is 9.64. The molecule has 0 aliphatic carbocycles. The van der Waals surface area contributed by atoms with Gasteiger partial charge in [0.1, 0.15) is 0 Å². The smallest absolute Gasteiger partial charge is 0.327 e. The molecule has 142 valence electrons. The molecule has 4 aromatic rings. The average molecular weight is 447 g/mol. The topological polar surface area (TPSA) is 61.2 Å². The first-order chi connectivity index (χ1) is 14.1. The lowest BCUT2D eigenvalue weighted by Gasteiger charge is -2.12. The molecule has 0 radical (unpaired) electrons. The van der Waals surface area contributed by atoms with Crippen LogP contribution in [-0.4, -0.2) is 15.7 Å². The van der Waals surface area contributed by atoms with E-state index in [0.29, 0.717) is 16.5 Å². The van der Waals surface area contributed by atoms with Gasteiger partial charge in [0.2, 0.25) is 0 Å². The van der Waals surface area contributed by atoms with E-state index in [0.717, 1.165) is 14.8 Å². The Morgan fingerprint density at radius 3 is 2.38 bits per heavy atom. The minimum Gasteiger partial charge on any atom is -0.327 e. The zero-order chi connectivity index (χ0) is 20.2. The molecule has 0 saturated heterocycles. The van der Waals surface area contributed by atoms with E-state index in [1.54, 1.807) is 42.5 Å². The predicted octanol–water partition coefficient (Wildman–Crippen LogP) is 4.49. The Morgan fingerprint density at radius 2 is 1.62 bits per heavy atom.